The molecule has 1 aromatic heterocycles. The molecule has 0 fully saturated rings. The fourth-order valence-electron chi connectivity index (χ4n) is 2.16. The molecule has 24 heavy (non-hydrogen) atoms. The van der Waals surface area contributed by atoms with Gasteiger partial charge < -0.3 is 20.6 Å². The largest absolute Gasteiger partial charge is 0.480 e. The lowest BCUT2D eigenvalue weighted by atomic mass is 10.1. The molecule has 0 saturated carbocycles. The Hall–Kier alpha value is -2.61. The van der Waals surface area contributed by atoms with E-state index in [4.69, 9.17) is 10.2 Å². The maximum absolute atomic E-state index is 12.4. The summed E-state index contributed by atoms with van der Waals surface area (Å²) in [7, 11) is 0. The fraction of sp³-hybridized carbons (Fsp3) is 0.438. The number of carboxylic acids is 1. The SMILES string of the molecule is C=CC(=O)N(c1ccco1)C(C)C(=O)NC(CCCCN)C(=O)O. The standard InChI is InChI=1S/C16H23N3O5/c1-3-13(20)19(14-8-6-10-24-14)11(2)15(21)18-12(16(22)23)7-4-5-9-17/h3,6,8,10-12H,1,4-5,7,9,17H2,2H3,(H,18,21)(H,22,23). The Labute approximate surface area is 140 Å². The van der Waals surface area contributed by atoms with Crippen LogP contribution in [0.4, 0.5) is 5.88 Å². The summed E-state index contributed by atoms with van der Waals surface area (Å²) in [5.41, 5.74) is 5.38. The van der Waals surface area contributed by atoms with Gasteiger partial charge in [0.15, 0.2) is 0 Å². The Morgan fingerprint density at radius 3 is 2.67 bits per heavy atom. The second kappa shape index (κ2) is 9.51. The fourth-order valence-corrected chi connectivity index (χ4v) is 2.16. The maximum atomic E-state index is 12.4. The van der Waals surface area contributed by atoms with Crippen molar-refractivity contribution in [1.82, 2.24) is 5.32 Å². The highest BCUT2D eigenvalue weighted by molar-refractivity contribution is 6.05. The number of rotatable bonds is 10. The van der Waals surface area contributed by atoms with E-state index in [0.29, 0.717) is 19.4 Å². The molecule has 2 atom stereocenters. The van der Waals surface area contributed by atoms with Crippen LogP contribution in [0.25, 0.3) is 0 Å². The van der Waals surface area contributed by atoms with Crippen LogP contribution in [0.15, 0.2) is 35.5 Å². The summed E-state index contributed by atoms with van der Waals surface area (Å²) in [5.74, 6) is -2.07. The molecule has 0 radical (unpaired) electrons. The molecule has 8 heteroatoms. The van der Waals surface area contributed by atoms with E-state index in [-0.39, 0.29) is 12.3 Å². The zero-order chi connectivity index (χ0) is 18.1. The third-order valence-electron chi connectivity index (χ3n) is 3.48. The smallest absolute Gasteiger partial charge is 0.326 e. The number of nitrogens with two attached hydrogens (primary N) is 1. The Bertz CT molecular complexity index is 570. The van der Waals surface area contributed by atoms with E-state index in [1.54, 1.807) is 6.07 Å². The summed E-state index contributed by atoms with van der Waals surface area (Å²) in [4.78, 5) is 36.8. The van der Waals surface area contributed by atoms with Gasteiger partial charge in [0.2, 0.25) is 11.8 Å². The number of hydrogen-bond acceptors (Lipinski definition) is 5. The number of carbonyl (C=O) groups is 3. The van der Waals surface area contributed by atoms with Crippen molar-refractivity contribution in [2.45, 2.75) is 38.3 Å². The lowest BCUT2D eigenvalue weighted by Gasteiger charge is -2.26. The topological polar surface area (TPSA) is 126 Å². The first-order chi connectivity index (χ1) is 11.4. The first kappa shape index (κ1) is 19.4. The average Bonchev–Trinajstić information content (AvgIpc) is 3.07. The van der Waals surface area contributed by atoms with Crippen molar-refractivity contribution in [3.8, 4) is 0 Å². The number of nitrogens with one attached hydrogen (secondary N) is 1. The molecule has 4 N–H and O–H groups in total. The van der Waals surface area contributed by atoms with Crippen molar-refractivity contribution >= 4 is 23.7 Å². The van der Waals surface area contributed by atoms with Gasteiger partial charge in [0.1, 0.15) is 12.1 Å². The molecule has 0 bridgehead atoms. The van der Waals surface area contributed by atoms with Crippen LogP contribution in [0.5, 0.6) is 0 Å². The van der Waals surface area contributed by atoms with Gasteiger partial charge in [-0.2, -0.15) is 0 Å². The van der Waals surface area contributed by atoms with Gasteiger partial charge in [-0.15, -0.1) is 0 Å². The Morgan fingerprint density at radius 2 is 2.17 bits per heavy atom. The number of carboxylic acid groups (broad SMARTS) is 1. The highest BCUT2D eigenvalue weighted by Gasteiger charge is 2.30. The summed E-state index contributed by atoms with van der Waals surface area (Å²) < 4.78 is 5.17. The van der Waals surface area contributed by atoms with Gasteiger partial charge in [-0.05, 0) is 44.9 Å². The highest BCUT2D eigenvalue weighted by atomic mass is 16.4. The summed E-state index contributed by atoms with van der Waals surface area (Å²) in [6, 6.07) is 1.11. The molecular formula is C16H23N3O5. The predicted molar refractivity (Wildman–Crippen MR) is 88.3 cm³/mol. The highest BCUT2D eigenvalue weighted by Crippen LogP contribution is 2.18. The average molecular weight is 337 g/mol. The number of furan rings is 1. The van der Waals surface area contributed by atoms with Gasteiger partial charge in [0.05, 0.1) is 6.26 Å². The quantitative estimate of drug-likeness (QED) is 0.430. The van der Waals surface area contributed by atoms with E-state index in [1.807, 2.05) is 0 Å². The van der Waals surface area contributed by atoms with Crippen molar-refractivity contribution in [2.24, 2.45) is 5.73 Å². The molecule has 0 aliphatic carbocycles. The monoisotopic (exact) mass is 337 g/mol. The van der Waals surface area contributed by atoms with E-state index in [2.05, 4.69) is 11.9 Å². The van der Waals surface area contributed by atoms with Crippen LogP contribution in [0.2, 0.25) is 0 Å². The molecule has 8 nitrogen and oxygen atoms in total. The number of nitrogens with zero attached hydrogens (tertiary/aromatic N) is 1. The van der Waals surface area contributed by atoms with Crippen LogP contribution in [0, 0.1) is 0 Å². The molecule has 1 aromatic rings. The van der Waals surface area contributed by atoms with Crippen molar-refractivity contribution in [3.63, 3.8) is 0 Å². The summed E-state index contributed by atoms with van der Waals surface area (Å²) >= 11 is 0. The predicted octanol–water partition coefficient (Wildman–Crippen LogP) is 0.886. The van der Waals surface area contributed by atoms with Crippen molar-refractivity contribution in [2.75, 3.05) is 11.4 Å². The number of amides is 2. The van der Waals surface area contributed by atoms with Gasteiger partial charge in [0.25, 0.3) is 5.91 Å². The van der Waals surface area contributed by atoms with Gasteiger partial charge in [-0.1, -0.05) is 6.58 Å². The number of unbranched alkanes of at least 4 members (excludes halogenated alkanes) is 1. The van der Waals surface area contributed by atoms with E-state index in [0.717, 1.165) is 11.0 Å². The molecule has 2 unspecified atom stereocenters. The van der Waals surface area contributed by atoms with E-state index < -0.39 is 29.9 Å². The number of anilines is 1. The number of carbonyl (C=O) groups excluding carboxylic acids is 2. The molecule has 2 amide bonds. The van der Waals surface area contributed by atoms with E-state index in [1.165, 1.54) is 19.3 Å². The lowest BCUT2D eigenvalue weighted by Crippen LogP contribution is -2.52. The van der Waals surface area contributed by atoms with Gasteiger partial charge in [0, 0.05) is 6.07 Å². The number of hydrogen-bond donors (Lipinski definition) is 3. The van der Waals surface area contributed by atoms with Crippen LogP contribution in [-0.4, -0.2) is 41.5 Å². The molecule has 0 spiro atoms. The minimum Gasteiger partial charge on any atom is -0.480 e. The minimum absolute atomic E-state index is 0.178. The lowest BCUT2D eigenvalue weighted by molar-refractivity contribution is -0.142. The molecule has 132 valence electrons. The second-order valence-electron chi connectivity index (χ2n) is 5.22. The Morgan fingerprint density at radius 1 is 1.46 bits per heavy atom. The van der Waals surface area contributed by atoms with Crippen LogP contribution in [-0.2, 0) is 14.4 Å². The van der Waals surface area contributed by atoms with E-state index >= 15 is 0 Å². The van der Waals surface area contributed by atoms with Crippen molar-refractivity contribution in [1.29, 1.82) is 0 Å². The first-order valence-electron chi connectivity index (χ1n) is 7.64. The van der Waals surface area contributed by atoms with Crippen LogP contribution in [0.1, 0.15) is 26.2 Å². The van der Waals surface area contributed by atoms with Gasteiger partial charge in [-0.3, -0.25) is 14.5 Å². The zero-order valence-electron chi connectivity index (χ0n) is 13.6. The first-order valence-corrected chi connectivity index (χ1v) is 7.64. The molecule has 0 saturated heterocycles. The van der Waals surface area contributed by atoms with Crippen molar-refractivity contribution in [3.05, 3.63) is 31.1 Å². The molecule has 1 rings (SSSR count). The van der Waals surface area contributed by atoms with Gasteiger partial charge >= 0.3 is 5.97 Å². The molecule has 0 aliphatic heterocycles. The number of aliphatic carboxylic acids is 1. The van der Waals surface area contributed by atoms with Crippen molar-refractivity contribution < 1.29 is 23.9 Å². The third kappa shape index (κ3) is 5.24. The van der Waals surface area contributed by atoms with Crippen LogP contribution < -0.4 is 16.0 Å². The van der Waals surface area contributed by atoms with Gasteiger partial charge in [-0.25, -0.2) is 4.79 Å². The Balaban J connectivity index is 2.83. The molecule has 0 aromatic carbocycles. The Kier molecular flexibility index (Phi) is 7.70. The van der Waals surface area contributed by atoms with Crippen LogP contribution in [0.3, 0.4) is 0 Å². The minimum atomic E-state index is -1.13. The molecule has 1 heterocycles. The summed E-state index contributed by atoms with van der Waals surface area (Å²) in [6.07, 6.45) is 3.94. The second-order valence-corrected chi connectivity index (χ2v) is 5.22. The normalized spacial score (nSPS) is 12.9. The molecule has 0 aliphatic rings. The summed E-state index contributed by atoms with van der Waals surface area (Å²) in [6.45, 7) is 5.34. The molecular weight excluding hydrogens is 314 g/mol. The third-order valence-corrected chi connectivity index (χ3v) is 3.48. The van der Waals surface area contributed by atoms with Crippen LogP contribution >= 0.6 is 0 Å². The maximum Gasteiger partial charge on any atom is 0.326 e. The zero-order valence-corrected chi connectivity index (χ0v) is 13.6. The summed E-state index contributed by atoms with van der Waals surface area (Å²) in [5, 5.41) is 11.7. The van der Waals surface area contributed by atoms with E-state index in [9.17, 15) is 19.5 Å².